The fraction of sp³-hybridized carbons (Fsp3) is 0.346. The van der Waals surface area contributed by atoms with Crippen molar-refractivity contribution in [1.29, 1.82) is 5.26 Å². The van der Waals surface area contributed by atoms with E-state index in [0.717, 1.165) is 11.1 Å². The van der Waals surface area contributed by atoms with Crippen LogP contribution in [0, 0.1) is 23.8 Å². The third-order valence-electron chi connectivity index (χ3n) is 5.79. The van der Waals surface area contributed by atoms with Crippen molar-refractivity contribution in [1.82, 2.24) is 9.21 Å². The van der Waals surface area contributed by atoms with Gasteiger partial charge in [0.2, 0.25) is 10.0 Å². The monoisotopic (exact) mass is 476 g/mol. The summed E-state index contributed by atoms with van der Waals surface area (Å²) in [6.07, 6.45) is 2.63. The standard InChI is InChI=1S/C26H28N4O3S/c1-28-25-11-9-21(10-12-25)16-24-19-30(34(32,33)14-4-13-29(2)3)18-23(26(24)31)15-20-5-7-22(17-27)8-6-20/h5-12,16,23H,4,13-15,18-19H2,2-3H3/b24-16+. The highest BCUT2D eigenvalue weighted by Crippen LogP contribution is 2.26. The zero-order valence-electron chi connectivity index (χ0n) is 19.4. The molecule has 0 aliphatic carbocycles. The van der Waals surface area contributed by atoms with Crippen molar-refractivity contribution < 1.29 is 13.2 Å². The Balaban J connectivity index is 1.89. The second-order valence-electron chi connectivity index (χ2n) is 8.71. The number of benzene rings is 2. The first kappa shape index (κ1) is 25.3. The van der Waals surface area contributed by atoms with Gasteiger partial charge in [0.1, 0.15) is 0 Å². The van der Waals surface area contributed by atoms with E-state index >= 15 is 0 Å². The molecule has 7 nitrogen and oxygen atoms in total. The van der Waals surface area contributed by atoms with E-state index in [9.17, 15) is 13.2 Å². The molecule has 0 bridgehead atoms. The number of hydrogen-bond acceptors (Lipinski definition) is 5. The molecule has 1 aliphatic heterocycles. The van der Waals surface area contributed by atoms with Crippen molar-refractivity contribution in [2.75, 3.05) is 39.5 Å². The summed E-state index contributed by atoms with van der Waals surface area (Å²) in [6, 6.07) is 16.0. The van der Waals surface area contributed by atoms with Gasteiger partial charge in [0, 0.05) is 24.6 Å². The topological polar surface area (TPSA) is 85.8 Å². The maximum absolute atomic E-state index is 13.4. The minimum atomic E-state index is -3.54. The lowest BCUT2D eigenvalue weighted by Crippen LogP contribution is -2.47. The number of ketones is 1. The molecule has 2 aromatic carbocycles. The first-order valence-corrected chi connectivity index (χ1v) is 12.7. The molecule has 0 aromatic heterocycles. The average molecular weight is 477 g/mol. The molecule has 1 saturated heterocycles. The van der Waals surface area contributed by atoms with Crippen LogP contribution >= 0.6 is 0 Å². The van der Waals surface area contributed by atoms with Crippen molar-refractivity contribution in [3.8, 4) is 6.07 Å². The largest absolute Gasteiger partial charge is 0.309 e. The first-order chi connectivity index (χ1) is 16.2. The Kier molecular flexibility index (Phi) is 8.36. The Bertz CT molecular complexity index is 1230. The van der Waals surface area contributed by atoms with Gasteiger partial charge in [0.25, 0.3) is 0 Å². The minimum absolute atomic E-state index is 0.0237. The van der Waals surface area contributed by atoms with Crippen molar-refractivity contribution in [3.63, 3.8) is 0 Å². The van der Waals surface area contributed by atoms with E-state index in [-0.39, 0.29) is 24.6 Å². The molecule has 34 heavy (non-hydrogen) atoms. The highest BCUT2D eigenvalue weighted by molar-refractivity contribution is 7.89. The number of sulfonamides is 1. The van der Waals surface area contributed by atoms with E-state index in [2.05, 4.69) is 10.9 Å². The third kappa shape index (κ3) is 6.61. The summed E-state index contributed by atoms with van der Waals surface area (Å²) in [7, 11) is 0.262. The lowest BCUT2D eigenvalue weighted by molar-refractivity contribution is -0.120. The smallest absolute Gasteiger partial charge is 0.214 e. The summed E-state index contributed by atoms with van der Waals surface area (Å²) in [4.78, 5) is 18.7. The van der Waals surface area contributed by atoms with Crippen LogP contribution in [-0.2, 0) is 21.2 Å². The number of Topliss-reactive ketones (excluding diaryl/α,β-unsaturated/α-hetero) is 1. The SMILES string of the molecule is [C-]#[N+]c1ccc(/C=C2\CN(S(=O)(=O)CCCN(C)C)CC(Cc3ccc(C#N)cc3)C2=O)cc1. The summed E-state index contributed by atoms with van der Waals surface area (Å²) in [5, 5.41) is 9.02. The van der Waals surface area contributed by atoms with Gasteiger partial charge in [-0.2, -0.15) is 9.57 Å². The molecule has 0 N–H and O–H groups in total. The Morgan fingerprint density at radius 2 is 1.85 bits per heavy atom. The molecule has 2 aromatic rings. The number of nitrogens with zero attached hydrogens (tertiary/aromatic N) is 4. The number of piperidine rings is 1. The molecule has 1 fully saturated rings. The summed E-state index contributed by atoms with van der Waals surface area (Å²) in [5.74, 6) is -0.562. The second kappa shape index (κ2) is 11.2. The summed E-state index contributed by atoms with van der Waals surface area (Å²) < 4.78 is 27.7. The van der Waals surface area contributed by atoms with Gasteiger partial charge in [-0.25, -0.2) is 13.3 Å². The highest BCUT2D eigenvalue weighted by atomic mass is 32.2. The zero-order valence-corrected chi connectivity index (χ0v) is 20.3. The number of carbonyl (C=O) groups is 1. The maximum Gasteiger partial charge on any atom is 0.214 e. The Morgan fingerprint density at radius 1 is 1.18 bits per heavy atom. The van der Waals surface area contributed by atoms with Crippen molar-refractivity contribution in [2.45, 2.75) is 12.8 Å². The summed E-state index contributed by atoms with van der Waals surface area (Å²) in [6.45, 7) is 7.93. The number of carbonyl (C=O) groups excluding carboxylic acids is 1. The Hall–Kier alpha value is -3.30. The van der Waals surface area contributed by atoms with Gasteiger partial charge in [-0.1, -0.05) is 36.4 Å². The first-order valence-electron chi connectivity index (χ1n) is 11.1. The molecule has 1 heterocycles. The van der Waals surface area contributed by atoms with Crippen molar-refractivity contribution >= 4 is 27.6 Å². The average Bonchev–Trinajstić information content (AvgIpc) is 2.82. The second-order valence-corrected chi connectivity index (χ2v) is 10.8. The zero-order chi connectivity index (χ0) is 24.7. The molecular formula is C26H28N4O3S. The van der Waals surface area contributed by atoms with Gasteiger partial charge < -0.3 is 4.90 Å². The minimum Gasteiger partial charge on any atom is -0.309 e. The van der Waals surface area contributed by atoms with E-state index < -0.39 is 15.9 Å². The fourth-order valence-electron chi connectivity index (χ4n) is 3.95. The van der Waals surface area contributed by atoms with Crippen LogP contribution in [0.15, 0.2) is 54.1 Å². The fourth-order valence-corrected chi connectivity index (χ4v) is 5.44. The van der Waals surface area contributed by atoms with Crippen molar-refractivity contribution in [3.05, 3.63) is 82.2 Å². The normalized spacial score (nSPS) is 18.1. The predicted molar refractivity (Wildman–Crippen MR) is 133 cm³/mol. The van der Waals surface area contributed by atoms with Gasteiger partial charge in [-0.15, -0.1) is 0 Å². The van der Waals surface area contributed by atoms with E-state index in [1.807, 2.05) is 31.1 Å². The maximum atomic E-state index is 13.4. The van der Waals surface area contributed by atoms with Crippen LogP contribution in [0.25, 0.3) is 10.9 Å². The molecule has 0 spiro atoms. The van der Waals surface area contributed by atoms with Gasteiger partial charge in [-0.3, -0.25) is 4.79 Å². The molecule has 1 aliphatic rings. The van der Waals surface area contributed by atoms with E-state index in [1.165, 1.54) is 4.31 Å². The van der Waals surface area contributed by atoms with Gasteiger partial charge >= 0.3 is 0 Å². The lowest BCUT2D eigenvalue weighted by Gasteiger charge is -2.33. The molecule has 0 radical (unpaired) electrons. The number of nitriles is 1. The van der Waals surface area contributed by atoms with Crippen LogP contribution < -0.4 is 0 Å². The van der Waals surface area contributed by atoms with E-state index in [4.69, 9.17) is 11.8 Å². The highest BCUT2D eigenvalue weighted by Gasteiger charge is 2.36. The molecule has 1 atom stereocenters. The summed E-state index contributed by atoms with van der Waals surface area (Å²) >= 11 is 0. The summed E-state index contributed by atoms with van der Waals surface area (Å²) in [5.41, 5.74) is 3.11. The molecule has 0 amide bonds. The molecule has 8 heteroatoms. The van der Waals surface area contributed by atoms with Crippen molar-refractivity contribution in [2.24, 2.45) is 5.92 Å². The van der Waals surface area contributed by atoms with Crippen LogP contribution in [0.1, 0.15) is 23.1 Å². The Labute approximate surface area is 201 Å². The van der Waals surface area contributed by atoms with Gasteiger partial charge in [0.15, 0.2) is 11.5 Å². The quantitative estimate of drug-likeness (QED) is 0.430. The van der Waals surface area contributed by atoms with E-state index in [1.54, 1.807) is 42.5 Å². The van der Waals surface area contributed by atoms with Gasteiger partial charge in [0.05, 0.1) is 24.0 Å². The molecule has 176 valence electrons. The number of hydrogen-bond donors (Lipinski definition) is 0. The van der Waals surface area contributed by atoms with Crippen LogP contribution in [0.2, 0.25) is 0 Å². The molecule has 3 rings (SSSR count). The van der Waals surface area contributed by atoms with Crippen LogP contribution in [-0.4, -0.2) is 62.9 Å². The van der Waals surface area contributed by atoms with Gasteiger partial charge in [-0.05, 0) is 62.8 Å². The van der Waals surface area contributed by atoms with E-state index in [0.29, 0.717) is 36.2 Å². The van der Waals surface area contributed by atoms with Crippen LogP contribution in [0.5, 0.6) is 0 Å². The van der Waals surface area contributed by atoms with Crippen LogP contribution in [0.4, 0.5) is 5.69 Å². The van der Waals surface area contributed by atoms with Crippen LogP contribution in [0.3, 0.4) is 0 Å². The lowest BCUT2D eigenvalue weighted by atomic mass is 9.87. The number of rotatable bonds is 8. The Morgan fingerprint density at radius 3 is 2.44 bits per heavy atom. The predicted octanol–water partition coefficient (Wildman–Crippen LogP) is 3.52. The molecular weight excluding hydrogens is 448 g/mol. The molecule has 0 saturated carbocycles. The molecule has 1 unspecified atom stereocenters. The third-order valence-corrected chi connectivity index (χ3v) is 7.66.